The third-order valence-corrected chi connectivity index (χ3v) is 7.38. The molecule has 0 spiro atoms. The molecule has 1 heterocycles. The van der Waals surface area contributed by atoms with Gasteiger partial charge in [-0.1, -0.05) is 25.4 Å². The molecule has 0 bridgehead atoms. The van der Waals surface area contributed by atoms with E-state index < -0.39 is 10.0 Å². The number of hydrogen-bond acceptors (Lipinski definition) is 3. The van der Waals surface area contributed by atoms with E-state index in [0.29, 0.717) is 40.1 Å². The predicted molar refractivity (Wildman–Crippen MR) is 89.9 cm³/mol. The molecule has 0 amide bonds. The molecule has 2 N–H and O–H groups in total. The number of nitrogens with zero attached hydrogens (tertiary/aromatic N) is 1. The number of sulfonamides is 1. The van der Waals surface area contributed by atoms with Crippen molar-refractivity contribution in [3.05, 3.63) is 21.6 Å². The Balaban J connectivity index is 2.28. The minimum atomic E-state index is -3.56. The van der Waals surface area contributed by atoms with E-state index in [4.69, 9.17) is 17.3 Å². The summed E-state index contributed by atoms with van der Waals surface area (Å²) in [5.41, 5.74) is 6.13. The van der Waals surface area contributed by atoms with Crippen LogP contribution in [0.15, 0.2) is 21.5 Å². The normalized spacial score (nSPS) is 18.3. The van der Waals surface area contributed by atoms with Gasteiger partial charge in [0.1, 0.15) is 0 Å². The number of benzene rings is 1. The Labute approximate surface area is 139 Å². The van der Waals surface area contributed by atoms with Crippen molar-refractivity contribution < 1.29 is 8.42 Å². The van der Waals surface area contributed by atoms with Crippen LogP contribution in [0.5, 0.6) is 0 Å². The number of nitrogens with two attached hydrogens (primary N) is 1. The molecule has 118 valence electrons. The molecule has 1 aromatic rings. The largest absolute Gasteiger partial charge is 0.398 e. The van der Waals surface area contributed by atoms with Gasteiger partial charge in [-0.25, -0.2) is 8.42 Å². The first-order chi connectivity index (χ1) is 9.73. The Bertz CT molecular complexity index is 626. The second-order valence-corrected chi connectivity index (χ2v) is 8.93. The zero-order valence-electron chi connectivity index (χ0n) is 12.1. The van der Waals surface area contributed by atoms with E-state index >= 15 is 0 Å². The first kappa shape index (κ1) is 17.1. The number of nitrogen functional groups attached to an aromatic ring is 1. The lowest BCUT2D eigenvalue weighted by atomic mass is 9.87. The van der Waals surface area contributed by atoms with Gasteiger partial charge in [-0.3, -0.25) is 0 Å². The van der Waals surface area contributed by atoms with Gasteiger partial charge in [0.2, 0.25) is 10.0 Å². The van der Waals surface area contributed by atoms with Crippen molar-refractivity contribution in [3.63, 3.8) is 0 Å². The molecule has 2 rings (SSSR count). The summed E-state index contributed by atoms with van der Waals surface area (Å²) in [7, 11) is -3.56. The fourth-order valence-electron chi connectivity index (χ4n) is 2.69. The molecule has 0 unspecified atom stereocenters. The number of piperidine rings is 1. The van der Waals surface area contributed by atoms with Gasteiger partial charge in [-0.2, -0.15) is 4.31 Å². The zero-order chi connectivity index (χ0) is 15.8. The summed E-state index contributed by atoms with van der Waals surface area (Å²) in [6, 6.07) is 2.99. The van der Waals surface area contributed by atoms with Crippen LogP contribution in [0.4, 0.5) is 5.69 Å². The van der Waals surface area contributed by atoms with Crippen molar-refractivity contribution >= 4 is 43.2 Å². The highest BCUT2D eigenvalue weighted by Crippen LogP contribution is 2.35. The third kappa shape index (κ3) is 3.55. The summed E-state index contributed by atoms with van der Waals surface area (Å²) in [6.07, 6.45) is 1.79. The van der Waals surface area contributed by atoms with Gasteiger partial charge in [0.15, 0.2) is 0 Å². The average Bonchev–Trinajstić information content (AvgIpc) is 2.42. The van der Waals surface area contributed by atoms with Gasteiger partial charge in [-0.05, 0) is 52.7 Å². The van der Waals surface area contributed by atoms with E-state index in [1.165, 1.54) is 16.4 Å². The molecule has 0 saturated carbocycles. The quantitative estimate of drug-likeness (QED) is 0.793. The van der Waals surface area contributed by atoms with Crippen molar-refractivity contribution in [1.29, 1.82) is 0 Å². The summed E-state index contributed by atoms with van der Waals surface area (Å²) >= 11 is 9.21. The van der Waals surface area contributed by atoms with Crippen LogP contribution in [-0.2, 0) is 10.0 Å². The van der Waals surface area contributed by atoms with Crippen molar-refractivity contribution in [1.82, 2.24) is 4.31 Å². The van der Waals surface area contributed by atoms with E-state index in [1.807, 2.05) is 0 Å². The molecule has 21 heavy (non-hydrogen) atoms. The molecule has 7 heteroatoms. The van der Waals surface area contributed by atoms with Crippen LogP contribution in [-0.4, -0.2) is 25.8 Å². The number of rotatable bonds is 3. The Morgan fingerprint density at radius 2 is 1.90 bits per heavy atom. The average molecular weight is 396 g/mol. The first-order valence-corrected chi connectivity index (χ1v) is 9.59. The molecule has 1 aliphatic heterocycles. The fourth-order valence-corrected chi connectivity index (χ4v) is 5.42. The first-order valence-electron chi connectivity index (χ1n) is 6.98. The lowest BCUT2D eigenvalue weighted by molar-refractivity contribution is 0.226. The van der Waals surface area contributed by atoms with Crippen LogP contribution in [0, 0.1) is 11.8 Å². The molecular weight excluding hydrogens is 376 g/mol. The van der Waals surface area contributed by atoms with Crippen molar-refractivity contribution in [2.24, 2.45) is 11.8 Å². The Kier molecular flexibility index (Phi) is 5.23. The van der Waals surface area contributed by atoms with E-state index in [9.17, 15) is 8.42 Å². The third-order valence-electron chi connectivity index (χ3n) is 4.09. The van der Waals surface area contributed by atoms with Gasteiger partial charge in [0.25, 0.3) is 0 Å². The molecule has 1 fully saturated rings. The molecular formula is C14H20BrClN2O2S. The summed E-state index contributed by atoms with van der Waals surface area (Å²) in [6.45, 7) is 5.46. The zero-order valence-corrected chi connectivity index (χ0v) is 15.3. The van der Waals surface area contributed by atoms with Crippen LogP contribution < -0.4 is 5.73 Å². The molecule has 0 aromatic heterocycles. The summed E-state index contributed by atoms with van der Waals surface area (Å²) in [4.78, 5) is 0.149. The molecule has 1 aliphatic rings. The summed E-state index contributed by atoms with van der Waals surface area (Å²) < 4.78 is 27.5. The maximum Gasteiger partial charge on any atom is 0.244 e. The fraction of sp³-hybridized carbons (Fsp3) is 0.571. The second kappa shape index (κ2) is 6.44. The number of halogens is 2. The molecule has 1 saturated heterocycles. The standard InChI is InChI=1S/C14H20BrClN2O2S/c1-9(2)10-3-5-18(6-4-10)21(19,20)13-8-11(16)7-12(17)14(13)15/h7-10H,3-6,17H2,1-2H3. The molecule has 1 aromatic carbocycles. The molecule has 0 aliphatic carbocycles. The van der Waals surface area contributed by atoms with Crippen LogP contribution in [0.3, 0.4) is 0 Å². The monoisotopic (exact) mass is 394 g/mol. The summed E-state index contributed by atoms with van der Waals surface area (Å²) in [5, 5.41) is 0.325. The van der Waals surface area contributed by atoms with Crippen molar-refractivity contribution in [2.75, 3.05) is 18.8 Å². The number of hydrogen-bond donors (Lipinski definition) is 1. The Hall–Kier alpha value is -0.300. The topological polar surface area (TPSA) is 63.4 Å². The van der Waals surface area contributed by atoms with E-state index in [2.05, 4.69) is 29.8 Å². The van der Waals surface area contributed by atoms with Gasteiger partial charge in [0, 0.05) is 23.8 Å². The van der Waals surface area contributed by atoms with Gasteiger partial charge in [0.05, 0.1) is 9.37 Å². The number of anilines is 1. The van der Waals surface area contributed by atoms with Crippen LogP contribution in [0.25, 0.3) is 0 Å². The predicted octanol–water partition coefficient (Wildman–Crippen LogP) is 3.74. The summed E-state index contributed by atoms with van der Waals surface area (Å²) in [5.74, 6) is 1.17. The van der Waals surface area contributed by atoms with Crippen LogP contribution >= 0.6 is 27.5 Å². The maximum absolute atomic E-state index is 12.8. The van der Waals surface area contributed by atoms with E-state index in [1.54, 1.807) is 0 Å². The maximum atomic E-state index is 12.8. The van der Waals surface area contributed by atoms with Crippen molar-refractivity contribution in [3.8, 4) is 0 Å². The molecule has 0 radical (unpaired) electrons. The van der Waals surface area contributed by atoms with Gasteiger partial charge in [-0.15, -0.1) is 0 Å². The van der Waals surface area contributed by atoms with Crippen molar-refractivity contribution in [2.45, 2.75) is 31.6 Å². The lowest BCUT2D eigenvalue weighted by Gasteiger charge is -2.33. The highest BCUT2D eigenvalue weighted by Gasteiger charge is 2.32. The van der Waals surface area contributed by atoms with Gasteiger partial charge >= 0.3 is 0 Å². The molecule has 0 atom stereocenters. The Morgan fingerprint density at radius 3 is 2.43 bits per heavy atom. The minimum Gasteiger partial charge on any atom is -0.398 e. The minimum absolute atomic E-state index is 0.149. The highest BCUT2D eigenvalue weighted by atomic mass is 79.9. The van der Waals surface area contributed by atoms with Crippen LogP contribution in [0.2, 0.25) is 5.02 Å². The lowest BCUT2D eigenvalue weighted by Crippen LogP contribution is -2.39. The second-order valence-electron chi connectivity index (χ2n) is 5.79. The van der Waals surface area contributed by atoms with Gasteiger partial charge < -0.3 is 5.73 Å². The van der Waals surface area contributed by atoms with E-state index in [0.717, 1.165) is 12.8 Å². The van der Waals surface area contributed by atoms with Crippen LogP contribution in [0.1, 0.15) is 26.7 Å². The SMILES string of the molecule is CC(C)C1CCN(S(=O)(=O)c2cc(Cl)cc(N)c2Br)CC1. The smallest absolute Gasteiger partial charge is 0.244 e. The molecule has 4 nitrogen and oxygen atoms in total. The highest BCUT2D eigenvalue weighted by molar-refractivity contribution is 9.10. The Morgan fingerprint density at radius 1 is 1.33 bits per heavy atom. The van der Waals surface area contributed by atoms with E-state index in [-0.39, 0.29) is 4.90 Å².